The number of likely N-dealkylation sites (tertiary alicyclic amines) is 1. The lowest BCUT2D eigenvalue weighted by atomic mass is 10.1. The van der Waals surface area contributed by atoms with Gasteiger partial charge < -0.3 is 20.3 Å². The molecule has 2 aliphatic rings. The van der Waals surface area contributed by atoms with Crippen LogP contribution in [0, 0.1) is 5.92 Å². The summed E-state index contributed by atoms with van der Waals surface area (Å²) in [7, 11) is 0. The van der Waals surface area contributed by atoms with E-state index in [0.29, 0.717) is 38.2 Å². The van der Waals surface area contributed by atoms with E-state index in [9.17, 15) is 9.59 Å². The van der Waals surface area contributed by atoms with Crippen LogP contribution in [0.1, 0.15) is 24.8 Å². The van der Waals surface area contributed by atoms with Crippen LogP contribution in [0.5, 0.6) is 0 Å². The summed E-state index contributed by atoms with van der Waals surface area (Å²) in [6.45, 7) is 2.39. The molecule has 1 aromatic carbocycles. The molecule has 1 heterocycles. The smallest absolute Gasteiger partial charge is 0.410 e. The third kappa shape index (κ3) is 4.26. The molecule has 1 atom stereocenters. The van der Waals surface area contributed by atoms with Crippen LogP contribution in [0.15, 0.2) is 30.3 Å². The van der Waals surface area contributed by atoms with E-state index in [1.807, 2.05) is 35.2 Å². The Labute approximate surface area is 142 Å². The van der Waals surface area contributed by atoms with Crippen molar-refractivity contribution in [3.05, 3.63) is 35.9 Å². The van der Waals surface area contributed by atoms with Crippen molar-refractivity contribution < 1.29 is 14.3 Å². The van der Waals surface area contributed by atoms with Gasteiger partial charge in [0.2, 0.25) is 5.91 Å². The van der Waals surface area contributed by atoms with Gasteiger partial charge in [0, 0.05) is 25.7 Å². The van der Waals surface area contributed by atoms with Gasteiger partial charge in [-0.25, -0.2) is 4.79 Å². The van der Waals surface area contributed by atoms with Gasteiger partial charge in [-0.3, -0.25) is 4.79 Å². The monoisotopic (exact) mass is 331 g/mol. The number of benzene rings is 1. The molecule has 1 saturated heterocycles. The van der Waals surface area contributed by atoms with Gasteiger partial charge >= 0.3 is 6.09 Å². The number of ether oxygens (including phenoxy) is 1. The van der Waals surface area contributed by atoms with Crippen LogP contribution in [0.3, 0.4) is 0 Å². The van der Waals surface area contributed by atoms with Crippen molar-refractivity contribution in [2.45, 2.75) is 31.9 Å². The predicted molar refractivity (Wildman–Crippen MR) is 90.1 cm³/mol. The summed E-state index contributed by atoms with van der Waals surface area (Å²) in [5, 5.41) is 0. The summed E-state index contributed by atoms with van der Waals surface area (Å²) in [5.74, 6) is 0.327. The molecule has 2 amide bonds. The van der Waals surface area contributed by atoms with Gasteiger partial charge in [-0.2, -0.15) is 0 Å². The molecule has 0 radical (unpaired) electrons. The van der Waals surface area contributed by atoms with Crippen molar-refractivity contribution in [2.24, 2.45) is 11.7 Å². The Kier molecular flexibility index (Phi) is 5.35. The van der Waals surface area contributed by atoms with Gasteiger partial charge in [-0.05, 0) is 30.7 Å². The maximum absolute atomic E-state index is 12.2. The van der Waals surface area contributed by atoms with Gasteiger partial charge in [0.1, 0.15) is 6.61 Å². The first kappa shape index (κ1) is 16.8. The van der Waals surface area contributed by atoms with Gasteiger partial charge in [0.15, 0.2) is 0 Å². The summed E-state index contributed by atoms with van der Waals surface area (Å²) >= 11 is 0. The SMILES string of the molecule is NCC(=O)N(C[C@H]1CCN(C(=O)OCc2ccccc2)C1)C1CC1. The van der Waals surface area contributed by atoms with Crippen molar-refractivity contribution in [3.8, 4) is 0 Å². The normalized spacial score (nSPS) is 20.0. The molecule has 1 aliphatic heterocycles. The average Bonchev–Trinajstić information content (AvgIpc) is 3.35. The van der Waals surface area contributed by atoms with Crippen LogP contribution in [0.25, 0.3) is 0 Å². The highest BCUT2D eigenvalue weighted by Gasteiger charge is 2.36. The van der Waals surface area contributed by atoms with Crippen LogP contribution < -0.4 is 5.73 Å². The van der Waals surface area contributed by atoms with Gasteiger partial charge in [-0.15, -0.1) is 0 Å². The zero-order valence-electron chi connectivity index (χ0n) is 13.9. The zero-order valence-corrected chi connectivity index (χ0v) is 13.9. The highest BCUT2D eigenvalue weighted by atomic mass is 16.6. The number of hydrogen-bond acceptors (Lipinski definition) is 4. The lowest BCUT2D eigenvalue weighted by Crippen LogP contribution is -2.41. The summed E-state index contributed by atoms with van der Waals surface area (Å²) in [4.78, 5) is 27.8. The molecule has 24 heavy (non-hydrogen) atoms. The Hall–Kier alpha value is -2.08. The Morgan fingerprint density at radius 1 is 1.21 bits per heavy atom. The number of hydrogen-bond donors (Lipinski definition) is 1. The third-order valence-electron chi connectivity index (χ3n) is 4.69. The van der Waals surface area contributed by atoms with E-state index in [1.165, 1.54) is 0 Å². The summed E-state index contributed by atoms with van der Waals surface area (Å²) in [6.07, 6.45) is 2.77. The number of nitrogens with zero attached hydrogens (tertiary/aromatic N) is 2. The maximum Gasteiger partial charge on any atom is 0.410 e. The maximum atomic E-state index is 12.2. The molecule has 6 heteroatoms. The molecule has 1 aliphatic carbocycles. The quantitative estimate of drug-likeness (QED) is 0.859. The molecule has 1 aromatic rings. The molecule has 6 nitrogen and oxygen atoms in total. The van der Waals surface area contributed by atoms with E-state index in [-0.39, 0.29) is 18.5 Å². The van der Waals surface area contributed by atoms with Crippen molar-refractivity contribution in [3.63, 3.8) is 0 Å². The van der Waals surface area contributed by atoms with E-state index in [1.54, 1.807) is 4.90 Å². The second-order valence-electron chi connectivity index (χ2n) is 6.62. The fraction of sp³-hybridized carbons (Fsp3) is 0.556. The van der Waals surface area contributed by atoms with E-state index in [4.69, 9.17) is 10.5 Å². The summed E-state index contributed by atoms with van der Waals surface area (Å²) in [5.41, 5.74) is 6.49. The number of carbonyl (C=O) groups is 2. The second kappa shape index (κ2) is 7.66. The van der Waals surface area contributed by atoms with Crippen LogP contribution in [-0.2, 0) is 16.1 Å². The molecule has 0 unspecified atom stereocenters. The van der Waals surface area contributed by atoms with Crippen LogP contribution in [-0.4, -0.2) is 54.0 Å². The van der Waals surface area contributed by atoms with E-state index in [0.717, 1.165) is 24.8 Å². The first-order valence-corrected chi connectivity index (χ1v) is 8.62. The number of amides is 2. The molecule has 0 bridgehead atoms. The minimum absolute atomic E-state index is 0.0163. The number of nitrogens with two attached hydrogens (primary N) is 1. The van der Waals surface area contributed by atoms with Gasteiger partial charge in [0.05, 0.1) is 6.54 Å². The Morgan fingerprint density at radius 2 is 1.96 bits per heavy atom. The van der Waals surface area contributed by atoms with E-state index < -0.39 is 0 Å². The molecule has 2 fully saturated rings. The number of carbonyl (C=O) groups excluding carboxylic acids is 2. The molecule has 0 aromatic heterocycles. The second-order valence-corrected chi connectivity index (χ2v) is 6.62. The minimum atomic E-state index is -0.274. The molecule has 1 saturated carbocycles. The largest absolute Gasteiger partial charge is 0.445 e. The molecule has 0 spiro atoms. The van der Waals surface area contributed by atoms with Crippen molar-refractivity contribution in [2.75, 3.05) is 26.2 Å². The Balaban J connectivity index is 1.46. The fourth-order valence-corrected chi connectivity index (χ4v) is 3.19. The number of rotatable bonds is 6. The van der Waals surface area contributed by atoms with Crippen molar-refractivity contribution >= 4 is 12.0 Å². The molecule has 2 N–H and O–H groups in total. The Morgan fingerprint density at radius 3 is 2.62 bits per heavy atom. The highest BCUT2D eigenvalue weighted by molar-refractivity contribution is 5.78. The first-order chi connectivity index (χ1) is 11.7. The summed E-state index contributed by atoms with van der Waals surface area (Å²) in [6, 6.07) is 10.0. The van der Waals surface area contributed by atoms with Crippen LogP contribution in [0.2, 0.25) is 0 Å². The van der Waals surface area contributed by atoms with Gasteiger partial charge in [0.25, 0.3) is 0 Å². The van der Waals surface area contributed by atoms with Gasteiger partial charge in [-0.1, -0.05) is 30.3 Å². The molecular weight excluding hydrogens is 306 g/mol. The van der Waals surface area contributed by atoms with Crippen molar-refractivity contribution in [1.82, 2.24) is 9.80 Å². The zero-order chi connectivity index (χ0) is 16.9. The molecule has 3 rings (SSSR count). The van der Waals surface area contributed by atoms with E-state index >= 15 is 0 Å². The average molecular weight is 331 g/mol. The fourth-order valence-electron chi connectivity index (χ4n) is 3.19. The topological polar surface area (TPSA) is 75.9 Å². The summed E-state index contributed by atoms with van der Waals surface area (Å²) < 4.78 is 5.38. The third-order valence-corrected chi connectivity index (χ3v) is 4.69. The molecular formula is C18H25N3O3. The van der Waals surface area contributed by atoms with E-state index in [2.05, 4.69) is 0 Å². The lowest BCUT2D eigenvalue weighted by Gasteiger charge is -2.25. The highest BCUT2D eigenvalue weighted by Crippen LogP contribution is 2.29. The Bertz CT molecular complexity index is 574. The van der Waals surface area contributed by atoms with Crippen LogP contribution in [0.4, 0.5) is 4.79 Å². The first-order valence-electron chi connectivity index (χ1n) is 8.62. The minimum Gasteiger partial charge on any atom is -0.445 e. The predicted octanol–water partition coefficient (Wildman–Crippen LogP) is 1.59. The van der Waals surface area contributed by atoms with Crippen LogP contribution >= 0.6 is 0 Å². The standard InChI is InChI=1S/C18H25N3O3/c19-10-17(22)21(16-6-7-16)12-15-8-9-20(11-15)18(23)24-13-14-4-2-1-3-5-14/h1-5,15-16H,6-13,19H2/t15-/m0/s1. The van der Waals surface area contributed by atoms with Crippen molar-refractivity contribution in [1.29, 1.82) is 0 Å². The lowest BCUT2D eigenvalue weighted by molar-refractivity contribution is -0.130. The molecule has 130 valence electrons.